The zero-order valence-corrected chi connectivity index (χ0v) is 7.40. The van der Waals surface area contributed by atoms with Crippen molar-refractivity contribution in [3.63, 3.8) is 0 Å². The van der Waals surface area contributed by atoms with Crippen molar-refractivity contribution in [3.8, 4) is 0 Å². The van der Waals surface area contributed by atoms with Crippen molar-refractivity contribution in [2.45, 2.75) is 19.4 Å². The van der Waals surface area contributed by atoms with E-state index in [4.69, 9.17) is 11.5 Å². The summed E-state index contributed by atoms with van der Waals surface area (Å²) in [5.74, 6) is 0.209. The zero-order valence-electron chi connectivity index (χ0n) is 7.40. The van der Waals surface area contributed by atoms with Gasteiger partial charge in [0, 0.05) is 12.6 Å². The van der Waals surface area contributed by atoms with Gasteiger partial charge in [-0.15, -0.1) is 0 Å². The van der Waals surface area contributed by atoms with Gasteiger partial charge in [0.15, 0.2) is 0 Å². The Labute approximate surface area is 76.2 Å². The van der Waals surface area contributed by atoms with Crippen molar-refractivity contribution in [1.29, 1.82) is 0 Å². The topological polar surface area (TPSA) is 94.9 Å². The highest BCUT2D eigenvalue weighted by Crippen LogP contribution is 2.09. The van der Waals surface area contributed by atoms with Gasteiger partial charge in [-0.05, 0) is 13.0 Å². The number of nitrogens with two attached hydrogens (primary N) is 2. The maximum absolute atomic E-state index is 10.6. The molecule has 1 amide bonds. The molecule has 5 heteroatoms. The van der Waals surface area contributed by atoms with Gasteiger partial charge in [-0.3, -0.25) is 4.79 Å². The number of primary amides is 1. The van der Waals surface area contributed by atoms with E-state index in [1.54, 1.807) is 19.2 Å². The monoisotopic (exact) mass is 180 g/mol. The van der Waals surface area contributed by atoms with Crippen LogP contribution in [0.5, 0.6) is 0 Å². The van der Waals surface area contributed by atoms with E-state index in [1.165, 1.54) is 0 Å². The Morgan fingerprint density at radius 1 is 1.69 bits per heavy atom. The Morgan fingerprint density at radius 2 is 2.38 bits per heavy atom. The summed E-state index contributed by atoms with van der Waals surface area (Å²) in [5, 5.41) is 0. The molecule has 0 aromatic carbocycles. The predicted octanol–water partition coefficient (Wildman–Crippen LogP) is -0.340. The maximum atomic E-state index is 10.6. The third-order valence-electron chi connectivity index (χ3n) is 1.60. The van der Waals surface area contributed by atoms with Crippen molar-refractivity contribution in [2.75, 3.05) is 0 Å². The lowest BCUT2D eigenvalue weighted by Gasteiger charge is -2.08. The molecule has 1 aromatic rings. The normalized spacial score (nSPS) is 12.5. The van der Waals surface area contributed by atoms with Gasteiger partial charge in [-0.1, -0.05) is 0 Å². The van der Waals surface area contributed by atoms with Crippen molar-refractivity contribution in [3.05, 3.63) is 23.8 Å². The van der Waals surface area contributed by atoms with Gasteiger partial charge in [0.2, 0.25) is 5.91 Å². The number of amides is 1. The summed E-state index contributed by atoms with van der Waals surface area (Å²) in [6, 6.07) is 1.25. The van der Waals surface area contributed by atoms with Crippen LogP contribution >= 0.6 is 0 Å². The summed E-state index contributed by atoms with van der Waals surface area (Å²) in [4.78, 5) is 18.6. The van der Waals surface area contributed by atoms with Crippen molar-refractivity contribution >= 4 is 5.91 Å². The Hall–Kier alpha value is -1.49. The zero-order chi connectivity index (χ0) is 9.84. The number of nitrogens with zero attached hydrogens (tertiary/aromatic N) is 2. The van der Waals surface area contributed by atoms with Crippen LogP contribution in [-0.2, 0) is 4.79 Å². The fourth-order valence-electron chi connectivity index (χ4n) is 1.00. The Morgan fingerprint density at radius 3 is 2.92 bits per heavy atom. The molecule has 1 heterocycles. The first-order valence-corrected chi connectivity index (χ1v) is 3.93. The SMILES string of the molecule is Cc1nccc([C@@H](N)CC(N)=O)n1. The minimum atomic E-state index is -0.431. The third-order valence-corrected chi connectivity index (χ3v) is 1.60. The fourth-order valence-corrected chi connectivity index (χ4v) is 1.00. The van der Waals surface area contributed by atoms with Gasteiger partial charge < -0.3 is 11.5 Å². The molecule has 5 nitrogen and oxygen atoms in total. The third kappa shape index (κ3) is 2.79. The van der Waals surface area contributed by atoms with E-state index >= 15 is 0 Å². The van der Waals surface area contributed by atoms with Crippen LogP contribution in [0.4, 0.5) is 0 Å². The van der Waals surface area contributed by atoms with Gasteiger partial charge in [0.05, 0.1) is 11.7 Å². The first kappa shape index (κ1) is 9.60. The molecule has 1 atom stereocenters. The molecule has 0 saturated carbocycles. The van der Waals surface area contributed by atoms with E-state index in [-0.39, 0.29) is 6.42 Å². The smallest absolute Gasteiger partial charge is 0.219 e. The van der Waals surface area contributed by atoms with Gasteiger partial charge in [-0.25, -0.2) is 9.97 Å². The highest BCUT2D eigenvalue weighted by Gasteiger charge is 2.10. The van der Waals surface area contributed by atoms with Crippen LogP contribution in [0.15, 0.2) is 12.3 Å². The van der Waals surface area contributed by atoms with Crippen LogP contribution in [0.3, 0.4) is 0 Å². The van der Waals surface area contributed by atoms with E-state index < -0.39 is 11.9 Å². The molecule has 0 saturated heterocycles. The standard InChI is InChI=1S/C8H12N4O/c1-5-11-3-2-7(12-5)6(9)4-8(10)13/h2-3,6H,4,9H2,1H3,(H2,10,13)/t6-/m0/s1. The number of aryl methyl sites for hydroxylation is 1. The van der Waals surface area contributed by atoms with Crippen molar-refractivity contribution in [2.24, 2.45) is 11.5 Å². The number of rotatable bonds is 3. The maximum Gasteiger partial charge on any atom is 0.219 e. The van der Waals surface area contributed by atoms with E-state index in [0.717, 1.165) is 0 Å². The highest BCUT2D eigenvalue weighted by atomic mass is 16.1. The molecule has 0 spiro atoms. The van der Waals surface area contributed by atoms with Crippen LogP contribution in [-0.4, -0.2) is 15.9 Å². The molecule has 4 N–H and O–H groups in total. The van der Waals surface area contributed by atoms with Crippen LogP contribution < -0.4 is 11.5 Å². The molecular weight excluding hydrogens is 168 g/mol. The minimum absolute atomic E-state index is 0.108. The van der Waals surface area contributed by atoms with Gasteiger partial charge in [0.25, 0.3) is 0 Å². The summed E-state index contributed by atoms with van der Waals surface area (Å²) in [7, 11) is 0. The number of aromatic nitrogens is 2. The Balaban J connectivity index is 2.76. The summed E-state index contributed by atoms with van der Waals surface area (Å²) in [5.41, 5.74) is 11.3. The van der Waals surface area contributed by atoms with Crippen LogP contribution in [0.25, 0.3) is 0 Å². The first-order valence-electron chi connectivity index (χ1n) is 3.93. The van der Waals surface area contributed by atoms with E-state index in [0.29, 0.717) is 11.5 Å². The first-order chi connectivity index (χ1) is 6.09. The van der Waals surface area contributed by atoms with Gasteiger partial charge >= 0.3 is 0 Å². The Bertz CT molecular complexity index is 313. The lowest BCUT2D eigenvalue weighted by Crippen LogP contribution is -2.21. The van der Waals surface area contributed by atoms with Gasteiger partial charge in [0.1, 0.15) is 5.82 Å². The lowest BCUT2D eigenvalue weighted by atomic mass is 10.1. The molecule has 0 unspecified atom stereocenters. The number of carbonyl (C=O) groups is 1. The quantitative estimate of drug-likeness (QED) is 0.665. The van der Waals surface area contributed by atoms with Crippen LogP contribution in [0.2, 0.25) is 0 Å². The molecule has 70 valence electrons. The number of hydrogen-bond donors (Lipinski definition) is 2. The van der Waals surface area contributed by atoms with E-state index in [9.17, 15) is 4.79 Å². The molecule has 0 aliphatic rings. The number of hydrogen-bond acceptors (Lipinski definition) is 4. The Kier molecular flexibility index (Phi) is 2.92. The van der Waals surface area contributed by atoms with E-state index in [2.05, 4.69) is 9.97 Å². The molecular formula is C8H12N4O. The summed E-state index contributed by atoms with van der Waals surface area (Å²) >= 11 is 0. The number of carbonyl (C=O) groups excluding carboxylic acids is 1. The largest absolute Gasteiger partial charge is 0.370 e. The molecule has 0 radical (unpaired) electrons. The average Bonchev–Trinajstić information content (AvgIpc) is 2.03. The van der Waals surface area contributed by atoms with Crippen molar-refractivity contribution < 1.29 is 4.79 Å². The summed E-state index contributed by atoms with van der Waals surface area (Å²) < 4.78 is 0. The molecule has 0 aliphatic heterocycles. The second-order valence-electron chi connectivity index (χ2n) is 2.81. The van der Waals surface area contributed by atoms with E-state index in [1.807, 2.05) is 0 Å². The molecule has 0 bridgehead atoms. The highest BCUT2D eigenvalue weighted by molar-refractivity contribution is 5.74. The molecule has 1 aromatic heterocycles. The fraction of sp³-hybridized carbons (Fsp3) is 0.375. The molecule has 0 fully saturated rings. The predicted molar refractivity (Wildman–Crippen MR) is 47.5 cm³/mol. The molecule has 13 heavy (non-hydrogen) atoms. The molecule has 0 aliphatic carbocycles. The van der Waals surface area contributed by atoms with Crippen molar-refractivity contribution in [1.82, 2.24) is 9.97 Å². The average molecular weight is 180 g/mol. The van der Waals surface area contributed by atoms with Gasteiger partial charge in [-0.2, -0.15) is 0 Å². The second kappa shape index (κ2) is 3.95. The molecule has 1 rings (SSSR count). The van der Waals surface area contributed by atoms with Crippen LogP contribution in [0, 0.1) is 6.92 Å². The minimum Gasteiger partial charge on any atom is -0.370 e. The summed E-state index contributed by atoms with van der Waals surface area (Å²) in [6.07, 6.45) is 1.72. The summed E-state index contributed by atoms with van der Waals surface area (Å²) in [6.45, 7) is 1.76. The van der Waals surface area contributed by atoms with Crippen LogP contribution in [0.1, 0.15) is 24.0 Å². The second-order valence-corrected chi connectivity index (χ2v) is 2.81. The lowest BCUT2D eigenvalue weighted by molar-refractivity contribution is -0.118.